The predicted molar refractivity (Wildman–Crippen MR) is 119 cm³/mol. The lowest BCUT2D eigenvalue weighted by Crippen LogP contribution is -2.55. The molecule has 8 nitrogen and oxygen atoms in total. The van der Waals surface area contributed by atoms with Gasteiger partial charge in [0, 0.05) is 37.5 Å². The molecule has 0 unspecified atom stereocenters. The van der Waals surface area contributed by atoms with E-state index < -0.39 is 70.9 Å². The molecule has 0 bridgehead atoms. The summed E-state index contributed by atoms with van der Waals surface area (Å²) in [6, 6.07) is 2.69. The molecule has 0 saturated carbocycles. The van der Waals surface area contributed by atoms with Gasteiger partial charge in [0.1, 0.15) is 23.9 Å². The third-order valence-electron chi connectivity index (χ3n) is 5.78. The number of halogens is 5. The first kappa shape index (κ1) is 26.7. The predicted octanol–water partition coefficient (Wildman–Crippen LogP) is 2.89. The maximum Gasteiger partial charge on any atom is 0.395 e. The number of amides is 2. The van der Waals surface area contributed by atoms with Crippen molar-refractivity contribution in [3.63, 3.8) is 0 Å². The number of rotatable bonds is 8. The van der Waals surface area contributed by atoms with Gasteiger partial charge in [-0.3, -0.25) is 24.1 Å². The van der Waals surface area contributed by atoms with E-state index in [2.05, 4.69) is 11.9 Å². The topological polar surface area (TPSA) is 94.9 Å². The molecule has 13 heteroatoms. The van der Waals surface area contributed by atoms with E-state index in [1.165, 1.54) is 9.91 Å². The van der Waals surface area contributed by atoms with Gasteiger partial charge < -0.3 is 15.3 Å². The van der Waals surface area contributed by atoms with Gasteiger partial charge in [-0.25, -0.2) is 8.78 Å². The smallest absolute Gasteiger partial charge is 0.395 e. The second kappa shape index (κ2) is 10.4. The highest BCUT2D eigenvalue weighted by Crippen LogP contribution is 2.30. The average Bonchev–Trinajstić information content (AvgIpc) is 2.80. The Morgan fingerprint density at radius 1 is 1.28 bits per heavy atom. The summed E-state index contributed by atoms with van der Waals surface area (Å²) in [7, 11) is 0. The number of nitrogens with one attached hydrogen (secondary N) is 1. The highest BCUT2D eigenvalue weighted by molar-refractivity contribution is 5.99. The lowest BCUT2D eigenvalue weighted by atomic mass is 10.1. The van der Waals surface area contributed by atoms with Crippen molar-refractivity contribution in [2.24, 2.45) is 5.92 Å². The molecule has 3 rings (SSSR count). The van der Waals surface area contributed by atoms with Gasteiger partial charge in [-0.05, 0) is 19.4 Å². The summed E-state index contributed by atoms with van der Waals surface area (Å²) in [5.74, 6) is -6.46. The number of nitrogens with zero attached hydrogens (tertiary/aromatic N) is 3. The van der Waals surface area contributed by atoms with Gasteiger partial charge in [-0.15, -0.1) is 6.58 Å². The molecule has 0 aliphatic carbocycles. The number of hydrogen-bond acceptors (Lipinski definition) is 5. The van der Waals surface area contributed by atoms with Crippen molar-refractivity contribution in [3.05, 3.63) is 75.7 Å². The van der Waals surface area contributed by atoms with Crippen molar-refractivity contribution in [1.29, 1.82) is 0 Å². The molecule has 36 heavy (non-hydrogen) atoms. The Bertz CT molecular complexity index is 1240. The van der Waals surface area contributed by atoms with Gasteiger partial charge in [0.15, 0.2) is 11.4 Å². The van der Waals surface area contributed by atoms with Crippen LogP contribution in [0.3, 0.4) is 0 Å². The summed E-state index contributed by atoms with van der Waals surface area (Å²) >= 11 is 0. The zero-order valence-electron chi connectivity index (χ0n) is 19.1. The number of allylic oxidation sites excluding steroid dienone is 1. The number of fused-ring (bicyclic) bond motifs is 1. The molecule has 1 aliphatic rings. The summed E-state index contributed by atoms with van der Waals surface area (Å²) in [6.07, 6.45) is -3.30. The molecule has 2 aromatic rings. The standard InChI is InChI=1S/C23H23F5N4O4/c1-3-14(23(26,27)28)7-8-31-12-30(4-2)22(36)18-20(34)19(33)16(11-32(18)31)21(35)29-10-13-5-6-15(24)9-17(13)25/h3,5-6,9,11,14,34H,1,4,7-8,10,12H2,2H3,(H,29,35)/t14-/m1/s1. The Kier molecular flexibility index (Phi) is 7.70. The summed E-state index contributed by atoms with van der Waals surface area (Å²) in [6.45, 7) is 4.09. The van der Waals surface area contributed by atoms with Crippen LogP contribution in [0.4, 0.5) is 22.0 Å². The van der Waals surface area contributed by atoms with Crippen LogP contribution in [0.1, 0.15) is 39.8 Å². The first-order chi connectivity index (χ1) is 16.9. The maximum absolute atomic E-state index is 13.9. The highest BCUT2D eigenvalue weighted by Gasteiger charge is 2.39. The van der Waals surface area contributed by atoms with Crippen LogP contribution in [-0.2, 0) is 6.54 Å². The van der Waals surface area contributed by atoms with Crippen LogP contribution in [0.25, 0.3) is 0 Å². The largest absolute Gasteiger partial charge is 0.502 e. The van der Waals surface area contributed by atoms with Gasteiger partial charge in [0.05, 0.1) is 5.92 Å². The van der Waals surface area contributed by atoms with E-state index >= 15 is 0 Å². The molecule has 0 saturated heterocycles. The van der Waals surface area contributed by atoms with E-state index in [9.17, 15) is 41.4 Å². The van der Waals surface area contributed by atoms with E-state index in [1.807, 2.05) is 0 Å². The normalized spacial score (nSPS) is 14.4. The Balaban J connectivity index is 1.95. The number of carbonyl (C=O) groups excluding carboxylic acids is 2. The van der Waals surface area contributed by atoms with Crippen LogP contribution < -0.4 is 15.8 Å². The molecule has 1 atom stereocenters. The molecule has 2 amide bonds. The lowest BCUT2D eigenvalue weighted by Gasteiger charge is -2.40. The first-order valence-corrected chi connectivity index (χ1v) is 10.8. The number of benzene rings is 1. The van der Waals surface area contributed by atoms with Crippen LogP contribution in [-0.4, -0.2) is 52.4 Å². The molecule has 1 aliphatic heterocycles. The fourth-order valence-corrected chi connectivity index (χ4v) is 3.71. The average molecular weight is 514 g/mol. The van der Waals surface area contributed by atoms with Crippen LogP contribution in [0.2, 0.25) is 0 Å². The minimum atomic E-state index is -4.55. The van der Waals surface area contributed by atoms with Crippen molar-refractivity contribution in [3.8, 4) is 5.75 Å². The fraction of sp³-hybridized carbons (Fsp3) is 0.348. The molecule has 1 aromatic carbocycles. The zero-order valence-corrected chi connectivity index (χ0v) is 19.1. The number of aromatic hydroxyl groups is 1. The van der Waals surface area contributed by atoms with Crippen LogP contribution in [0, 0.1) is 17.6 Å². The summed E-state index contributed by atoms with van der Waals surface area (Å²) < 4.78 is 67.5. The Morgan fingerprint density at radius 2 is 1.97 bits per heavy atom. The van der Waals surface area contributed by atoms with E-state index in [4.69, 9.17) is 0 Å². The third-order valence-corrected chi connectivity index (χ3v) is 5.78. The van der Waals surface area contributed by atoms with Gasteiger partial charge >= 0.3 is 6.18 Å². The van der Waals surface area contributed by atoms with E-state index in [-0.39, 0.29) is 25.3 Å². The molecule has 0 fully saturated rings. The first-order valence-electron chi connectivity index (χ1n) is 10.8. The van der Waals surface area contributed by atoms with Crippen molar-refractivity contribution >= 4 is 11.8 Å². The van der Waals surface area contributed by atoms with Crippen molar-refractivity contribution in [2.45, 2.75) is 26.1 Å². The molecular weight excluding hydrogens is 491 g/mol. The zero-order chi connectivity index (χ0) is 26.8. The molecule has 2 N–H and O–H groups in total. The minimum absolute atomic E-state index is 0.0787. The van der Waals surface area contributed by atoms with Crippen molar-refractivity contribution in [1.82, 2.24) is 14.9 Å². The number of hydrogen-bond donors (Lipinski definition) is 2. The highest BCUT2D eigenvalue weighted by atomic mass is 19.4. The van der Waals surface area contributed by atoms with Gasteiger partial charge in [-0.1, -0.05) is 12.1 Å². The van der Waals surface area contributed by atoms with Gasteiger partial charge in [0.2, 0.25) is 5.43 Å². The second-order valence-electron chi connectivity index (χ2n) is 8.04. The summed E-state index contributed by atoms with van der Waals surface area (Å²) in [5, 5.41) is 14.1. The van der Waals surface area contributed by atoms with Gasteiger partial charge in [-0.2, -0.15) is 13.2 Å². The van der Waals surface area contributed by atoms with E-state index in [0.29, 0.717) is 6.07 Å². The van der Waals surface area contributed by atoms with Crippen molar-refractivity contribution in [2.75, 3.05) is 24.8 Å². The molecule has 194 valence electrons. The number of carbonyl (C=O) groups is 2. The maximum atomic E-state index is 13.9. The molecule has 2 heterocycles. The minimum Gasteiger partial charge on any atom is -0.502 e. The van der Waals surface area contributed by atoms with E-state index in [1.54, 1.807) is 6.92 Å². The Hall–Kier alpha value is -3.90. The molecule has 0 spiro atoms. The quantitative estimate of drug-likeness (QED) is 0.418. The Labute approximate surface area is 202 Å². The van der Waals surface area contributed by atoms with Crippen molar-refractivity contribution < 1.29 is 36.6 Å². The van der Waals surface area contributed by atoms with Crippen LogP contribution in [0.5, 0.6) is 5.75 Å². The summed E-state index contributed by atoms with van der Waals surface area (Å²) in [4.78, 5) is 39.4. The van der Waals surface area contributed by atoms with Crippen LogP contribution in [0.15, 0.2) is 41.8 Å². The SMILES string of the molecule is C=C[C@H](CCN1CN(CC)C(=O)c2c(O)c(=O)c(C(=O)NCc3ccc(F)cc3F)cn21)C(F)(F)F. The second-order valence-corrected chi connectivity index (χ2v) is 8.04. The Morgan fingerprint density at radius 3 is 2.56 bits per heavy atom. The molecule has 0 radical (unpaired) electrons. The number of aromatic nitrogens is 1. The lowest BCUT2D eigenvalue weighted by molar-refractivity contribution is -0.162. The molecule has 1 aromatic heterocycles. The van der Waals surface area contributed by atoms with E-state index in [0.717, 1.165) is 29.1 Å². The number of pyridine rings is 1. The molecular formula is C23H23F5N4O4. The van der Waals surface area contributed by atoms with Crippen LogP contribution >= 0.6 is 0 Å². The third kappa shape index (κ3) is 5.34. The summed E-state index contributed by atoms with van der Waals surface area (Å²) in [5.41, 5.74) is -2.40. The fourth-order valence-electron chi connectivity index (χ4n) is 3.71. The van der Waals surface area contributed by atoms with Gasteiger partial charge in [0.25, 0.3) is 11.8 Å². The monoisotopic (exact) mass is 514 g/mol. The number of alkyl halides is 3.